The van der Waals surface area contributed by atoms with Gasteiger partial charge in [-0.15, -0.1) is 0 Å². The highest BCUT2D eigenvalue weighted by atomic mass is 16.2. The van der Waals surface area contributed by atoms with Crippen molar-refractivity contribution in [3.05, 3.63) is 54.1 Å². The molecule has 2 N–H and O–H groups in total. The van der Waals surface area contributed by atoms with E-state index in [1.807, 2.05) is 30.3 Å². The van der Waals surface area contributed by atoms with Gasteiger partial charge in [-0.2, -0.15) is 5.26 Å². The Hall–Kier alpha value is -3.33. The van der Waals surface area contributed by atoms with Crippen molar-refractivity contribution in [3.8, 4) is 6.07 Å². The standard InChI is InChI=1S/C19H18N4O2/c20-12-14-6-1-2-7-15(14)22-18(24)13-21-16-8-3-4-9-17(16)23-11-5-10-19(23)25/h1-4,6-9,21H,5,10-11,13H2,(H,22,24). The number of benzene rings is 2. The molecule has 2 aromatic rings. The molecule has 0 saturated carbocycles. The number of anilines is 3. The summed E-state index contributed by atoms with van der Waals surface area (Å²) in [7, 11) is 0. The fraction of sp³-hybridized carbons (Fsp3) is 0.211. The molecule has 0 aromatic heterocycles. The van der Waals surface area contributed by atoms with Crippen LogP contribution in [-0.4, -0.2) is 24.9 Å². The van der Waals surface area contributed by atoms with Gasteiger partial charge in [0.1, 0.15) is 6.07 Å². The van der Waals surface area contributed by atoms with Crippen molar-refractivity contribution < 1.29 is 9.59 Å². The number of hydrogen-bond donors (Lipinski definition) is 2. The van der Waals surface area contributed by atoms with Crippen molar-refractivity contribution in [2.45, 2.75) is 12.8 Å². The molecule has 2 amide bonds. The Bertz CT molecular complexity index is 841. The highest BCUT2D eigenvalue weighted by molar-refractivity contribution is 5.99. The van der Waals surface area contributed by atoms with Crippen molar-refractivity contribution in [3.63, 3.8) is 0 Å². The fourth-order valence-corrected chi connectivity index (χ4v) is 2.82. The number of para-hydroxylation sites is 3. The number of carbonyl (C=O) groups is 2. The van der Waals surface area contributed by atoms with Crippen LogP contribution in [0.3, 0.4) is 0 Å². The van der Waals surface area contributed by atoms with E-state index in [1.54, 1.807) is 29.2 Å². The van der Waals surface area contributed by atoms with Crippen molar-refractivity contribution >= 4 is 28.9 Å². The van der Waals surface area contributed by atoms with Gasteiger partial charge in [-0.05, 0) is 30.7 Å². The SMILES string of the molecule is N#Cc1ccccc1NC(=O)CNc1ccccc1N1CCCC1=O. The van der Waals surface area contributed by atoms with E-state index in [0.717, 1.165) is 17.8 Å². The third kappa shape index (κ3) is 3.78. The summed E-state index contributed by atoms with van der Waals surface area (Å²) < 4.78 is 0. The molecule has 0 bridgehead atoms. The molecule has 1 saturated heterocycles. The minimum absolute atomic E-state index is 0.0405. The Balaban J connectivity index is 1.67. The van der Waals surface area contributed by atoms with E-state index in [1.165, 1.54) is 0 Å². The summed E-state index contributed by atoms with van der Waals surface area (Å²) >= 11 is 0. The largest absolute Gasteiger partial charge is 0.374 e. The van der Waals surface area contributed by atoms with Crippen LogP contribution in [0.4, 0.5) is 17.1 Å². The monoisotopic (exact) mass is 334 g/mol. The van der Waals surface area contributed by atoms with Gasteiger partial charge in [0.15, 0.2) is 0 Å². The van der Waals surface area contributed by atoms with Gasteiger partial charge in [-0.25, -0.2) is 0 Å². The Labute approximate surface area is 146 Å². The summed E-state index contributed by atoms with van der Waals surface area (Å²) in [4.78, 5) is 25.9. The maximum Gasteiger partial charge on any atom is 0.243 e. The van der Waals surface area contributed by atoms with Crippen LogP contribution in [-0.2, 0) is 9.59 Å². The number of nitrogens with one attached hydrogen (secondary N) is 2. The van der Waals surface area contributed by atoms with Crippen LogP contribution in [0.1, 0.15) is 18.4 Å². The van der Waals surface area contributed by atoms with Gasteiger partial charge >= 0.3 is 0 Å². The lowest BCUT2D eigenvalue weighted by Gasteiger charge is -2.20. The van der Waals surface area contributed by atoms with Gasteiger partial charge in [0, 0.05) is 13.0 Å². The highest BCUT2D eigenvalue weighted by Gasteiger charge is 2.23. The minimum Gasteiger partial charge on any atom is -0.374 e. The van der Waals surface area contributed by atoms with Gasteiger partial charge in [-0.3, -0.25) is 9.59 Å². The van der Waals surface area contributed by atoms with E-state index < -0.39 is 0 Å². The number of nitrogens with zero attached hydrogens (tertiary/aromatic N) is 2. The predicted octanol–water partition coefficient (Wildman–Crippen LogP) is 2.74. The van der Waals surface area contributed by atoms with Gasteiger partial charge < -0.3 is 15.5 Å². The first-order chi connectivity index (χ1) is 12.2. The molecule has 0 atom stereocenters. The second-order valence-corrected chi connectivity index (χ2v) is 5.73. The predicted molar refractivity (Wildman–Crippen MR) is 96.3 cm³/mol. The van der Waals surface area contributed by atoms with Crippen LogP contribution in [0, 0.1) is 11.3 Å². The van der Waals surface area contributed by atoms with Crippen molar-refractivity contribution in [1.82, 2.24) is 0 Å². The summed E-state index contributed by atoms with van der Waals surface area (Å²) in [6, 6.07) is 16.3. The lowest BCUT2D eigenvalue weighted by molar-refractivity contribution is -0.117. The summed E-state index contributed by atoms with van der Waals surface area (Å²) in [5.74, 6) is -0.160. The van der Waals surface area contributed by atoms with E-state index in [-0.39, 0.29) is 18.4 Å². The Morgan fingerprint density at radius 3 is 2.56 bits per heavy atom. The number of rotatable bonds is 5. The number of hydrogen-bond acceptors (Lipinski definition) is 4. The van der Waals surface area contributed by atoms with Crippen molar-refractivity contribution in [2.24, 2.45) is 0 Å². The van der Waals surface area contributed by atoms with Crippen molar-refractivity contribution in [2.75, 3.05) is 28.6 Å². The number of amides is 2. The first kappa shape index (κ1) is 16.5. The number of carbonyl (C=O) groups excluding carboxylic acids is 2. The molecule has 1 heterocycles. The topological polar surface area (TPSA) is 85.2 Å². The van der Waals surface area contributed by atoms with E-state index in [0.29, 0.717) is 24.2 Å². The lowest BCUT2D eigenvalue weighted by Crippen LogP contribution is -2.26. The molecule has 1 aliphatic heterocycles. The van der Waals surface area contributed by atoms with E-state index in [4.69, 9.17) is 5.26 Å². The smallest absolute Gasteiger partial charge is 0.243 e. The van der Waals surface area contributed by atoms with Gasteiger partial charge in [0.05, 0.1) is 29.2 Å². The van der Waals surface area contributed by atoms with Crippen molar-refractivity contribution in [1.29, 1.82) is 5.26 Å². The van der Waals surface area contributed by atoms with Crippen LogP contribution in [0.5, 0.6) is 0 Å². The first-order valence-corrected chi connectivity index (χ1v) is 8.11. The maximum atomic E-state index is 12.2. The molecular formula is C19H18N4O2. The molecule has 0 spiro atoms. The van der Waals surface area contributed by atoms with Crippen LogP contribution in [0.25, 0.3) is 0 Å². The number of nitriles is 1. The minimum atomic E-state index is -0.259. The molecule has 1 aliphatic rings. The van der Waals surface area contributed by atoms with Gasteiger partial charge in [0.2, 0.25) is 11.8 Å². The second-order valence-electron chi connectivity index (χ2n) is 5.73. The molecule has 1 fully saturated rings. The third-order valence-electron chi connectivity index (χ3n) is 4.03. The summed E-state index contributed by atoms with van der Waals surface area (Å²) in [5, 5.41) is 14.9. The molecule has 2 aromatic carbocycles. The zero-order chi connectivity index (χ0) is 17.6. The second kappa shape index (κ2) is 7.49. The Morgan fingerprint density at radius 1 is 1.12 bits per heavy atom. The molecule has 6 nitrogen and oxygen atoms in total. The average molecular weight is 334 g/mol. The van der Waals surface area contributed by atoms with Gasteiger partial charge in [0.25, 0.3) is 0 Å². The van der Waals surface area contributed by atoms with Crippen LogP contribution < -0.4 is 15.5 Å². The third-order valence-corrected chi connectivity index (χ3v) is 4.03. The van der Waals surface area contributed by atoms with E-state index in [9.17, 15) is 9.59 Å². The van der Waals surface area contributed by atoms with E-state index >= 15 is 0 Å². The fourth-order valence-electron chi connectivity index (χ4n) is 2.82. The molecule has 6 heteroatoms. The highest BCUT2D eigenvalue weighted by Crippen LogP contribution is 2.29. The molecule has 0 radical (unpaired) electrons. The zero-order valence-electron chi connectivity index (χ0n) is 13.7. The quantitative estimate of drug-likeness (QED) is 0.880. The Morgan fingerprint density at radius 2 is 1.84 bits per heavy atom. The average Bonchev–Trinajstić information content (AvgIpc) is 3.06. The normalized spacial score (nSPS) is 13.4. The molecule has 0 aliphatic carbocycles. The van der Waals surface area contributed by atoms with E-state index in [2.05, 4.69) is 10.6 Å². The van der Waals surface area contributed by atoms with Crippen LogP contribution >= 0.6 is 0 Å². The Kier molecular flexibility index (Phi) is 4.95. The van der Waals surface area contributed by atoms with Gasteiger partial charge in [-0.1, -0.05) is 24.3 Å². The summed E-state index contributed by atoms with van der Waals surface area (Å²) in [5.41, 5.74) is 2.43. The summed E-state index contributed by atoms with van der Waals surface area (Å²) in [6.07, 6.45) is 1.40. The van der Waals surface area contributed by atoms with Crippen LogP contribution in [0.2, 0.25) is 0 Å². The molecule has 25 heavy (non-hydrogen) atoms. The molecule has 126 valence electrons. The molecule has 3 rings (SSSR count). The molecule has 0 unspecified atom stereocenters. The van der Waals surface area contributed by atoms with Crippen LogP contribution in [0.15, 0.2) is 48.5 Å². The lowest BCUT2D eigenvalue weighted by atomic mass is 10.2. The maximum absolute atomic E-state index is 12.2. The first-order valence-electron chi connectivity index (χ1n) is 8.11. The molecular weight excluding hydrogens is 316 g/mol. The summed E-state index contributed by atoms with van der Waals surface area (Å²) in [6.45, 7) is 0.734. The zero-order valence-corrected chi connectivity index (χ0v) is 13.7.